The Kier molecular flexibility index (Phi) is 3.08. The molecule has 4 aromatic rings. The molecule has 0 saturated heterocycles. The van der Waals surface area contributed by atoms with Gasteiger partial charge in [-0.1, -0.05) is 48.5 Å². The third-order valence-corrected chi connectivity index (χ3v) is 4.06. The Balaban J connectivity index is 1.84. The van der Waals surface area contributed by atoms with Gasteiger partial charge >= 0.3 is 0 Å². The van der Waals surface area contributed by atoms with Crippen molar-refractivity contribution in [1.29, 1.82) is 0 Å². The third kappa shape index (κ3) is 2.13. The lowest BCUT2D eigenvalue weighted by Gasteiger charge is -2.16. The number of furan rings is 1. The zero-order valence-corrected chi connectivity index (χ0v) is 12.4. The Morgan fingerprint density at radius 2 is 1.50 bits per heavy atom. The number of hydrogen-bond acceptors (Lipinski definition) is 2. The van der Waals surface area contributed by atoms with Crippen LogP contribution in [0.3, 0.4) is 0 Å². The maximum Gasteiger partial charge on any atom is 0.135 e. The van der Waals surface area contributed by atoms with E-state index in [1.54, 1.807) is 0 Å². The first kappa shape index (κ1) is 13.0. The van der Waals surface area contributed by atoms with Crippen molar-refractivity contribution in [1.82, 2.24) is 0 Å². The molecule has 1 atom stereocenters. The highest BCUT2D eigenvalue weighted by atomic mass is 16.3. The maximum absolute atomic E-state index is 5.97. The quantitative estimate of drug-likeness (QED) is 0.518. The topological polar surface area (TPSA) is 25.2 Å². The second-order valence-electron chi connectivity index (χ2n) is 5.55. The molecule has 1 N–H and O–H groups in total. The molecular weight excluding hydrogens is 270 g/mol. The Morgan fingerprint density at radius 3 is 2.36 bits per heavy atom. The molecule has 0 radical (unpaired) electrons. The lowest BCUT2D eigenvalue weighted by atomic mass is 10.0. The number of nitrogens with one attached hydrogen (secondary N) is 1. The van der Waals surface area contributed by atoms with Gasteiger partial charge in [0, 0.05) is 22.5 Å². The van der Waals surface area contributed by atoms with Crippen molar-refractivity contribution in [2.45, 2.75) is 13.0 Å². The second-order valence-corrected chi connectivity index (χ2v) is 5.55. The van der Waals surface area contributed by atoms with Crippen LogP contribution in [-0.4, -0.2) is 0 Å². The molecule has 0 aliphatic carbocycles. The first-order valence-corrected chi connectivity index (χ1v) is 7.54. The molecule has 4 rings (SSSR count). The van der Waals surface area contributed by atoms with Crippen LogP contribution in [0.25, 0.3) is 21.9 Å². The van der Waals surface area contributed by atoms with E-state index in [0.717, 1.165) is 16.9 Å². The van der Waals surface area contributed by atoms with Gasteiger partial charge in [0.25, 0.3) is 0 Å². The van der Waals surface area contributed by atoms with Crippen LogP contribution in [0, 0.1) is 0 Å². The summed E-state index contributed by atoms with van der Waals surface area (Å²) in [6, 6.07) is 25.0. The van der Waals surface area contributed by atoms with Gasteiger partial charge in [0.15, 0.2) is 0 Å². The van der Waals surface area contributed by atoms with Crippen LogP contribution in [-0.2, 0) is 0 Å². The molecule has 2 nitrogen and oxygen atoms in total. The third-order valence-electron chi connectivity index (χ3n) is 4.06. The fourth-order valence-corrected chi connectivity index (χ4v) is 3.02. The fraction of sp³-hybridized carbons (Fsp3) is 0.100. The van der Waals surface area contributed by atoms with Crippen LogP contribution in [0.5, 0.6) is 0 Å². The number of anilines is 1. The smallest absolute Gasteiger partial charge is 0.135 e. The van der Waals surface area contributed by atoms with Crippen LogP contribution in [0.4, 0.5) is 5.69 Å². The summed E-state index contributed by atoms with van der Waals surface area (Å²) in [4.78, 5) is 0. The van der Waals surface area contributed by atoms with E-state index in [4.69, 9.17) is 4.42 Å². The minimum atomic E-state index is 0.201. The van der Waals surface area contributed by atoms with Crippen LogP contribution in [0.2, 0.25) is 0 Å². The van der Waals surface area contributed by atoms with Crippen LogP contribution in [0.1, 0.15) is 18.5 Å². The van der Waals surface area contributed by atoms with Gasteiger partial charge in [-0.25, -0.2) is 0 Å². The molecule has 1 aromatic heterocycles. The van der Waals surface area contributed by atoms with E-state index in [-0.39, 0.29) is 6.04 Å². The molecule has 0 saturated carbocycles. The van der Waals surface area contributed by atoms with Crippen molar-refractivity contribution in [3.8, 4) is 0 Å². The van der Waals surface area contributed by atoms with Gasteiger partial charge in [0.2, 0.25) is 0 Å². The van der Waals surface area contributed by atoms with E-state index in [9.17, 15) is 0 Å². The molecule has 22 heavy (non-hydrogen) atoms. The Bertz CT molecular complexity index is 924. The number of hydrogen-bond donors (Lipinski definition) is 1. The van der Waals surface area contributed by atoms with Crippen molar-refractivity contribution in [3.05, 3.63) is 78.4 Å². The van der Waals surface area contributed by atoms with E-state index < -0.39 is 0 Å². The molecule has 0 aliphatic rings. The average Bonchev–Trinajstić information content (AvgIpc) is 2.94. The van der Waals surface area contributed by atoms with E-state index in [1.165, 1.54) is 16.3 Å². The summed E-state index contributed by atoms with van der Waals surface area (Å²) in [5, 5.41) is 5.94. The highest BCUT2D eigenvalue weighted by molar-refractivity contribution is 6.06. The lowest BCUT2D eigenvalue weighted by molar-refractivity contribution is 0.668. The molecule has 2 heteroatoms. The summed E-state index contributed by atoms with van der Waals surface area (Å²) in [6.45, 7) is 2.18. The van der Waals surface area contributed by atoms with Crippen molar-refractivity contribution in [2.75, 3.05) is 5.32 Å². The summed E-state index contributed by atoms with van der Waals surface area (Å²) < 4.78 is 5.97. The predicted molar refractivity (Wildman–Crippen MR) is 92.2 cm³/mol. The van der Waals surface area contributed by atoms with Crippen molar-refractivity contribution in [3.63, 3.8) is 0 Å². The molecular formula is C20H17NO. The molecule has 1 unspecified atom stereocenters. The predicted octanol–water partition coefficient (Wildman–Crippen LogP) is 5.76. The molecule has 3 aromatic carbocycles. The second kappa shape index (κ2) is 5.23. The molecule has 0 fully saturated rings. The van der Waals surface area contributed by atoms with Crippen LogP contribution >= 0.6 is 0 Å². The molecule has 1 heterocycles. The van der Waals surface area contributed by atoms with E-state index >= 15 is 0 Å². The lowest BCUT2D eigenvalue weighted by Crippen LogP contribution is -2.06. The number of benzene rings is 3. The summed E-state index contributed by atoms with van der Waals surface area (Å²) in [6.07, 6.45) is 0. The summed E-state index contributed by atoms with van der Waals surface area (Å²) >= 11 is 0. The van der Waals surface area contributed by atoms with Gasteiger partial charge in [-0.05, 0) is 36.8 Å². The molecule has 0 spiro atoms. The van der Waals surface area contributed by atoms with E-state index in [0.29, 0.717) is 0 Å². The monoisotopic (exact) mass is 287 g/mol. The summed E-state index contributed by atoms with van der Waals surface area (Å²) in [5.41, 5.74) is 4.27. The highest BCUT2D eigenvalue weighted by Gasteiger charge is 2.14. The maximum atomic E-state index is 5.97. The Morgan fingerprint density at radius 1 is 0.773 bits per heavy atom. The van der Waals surface area contributed by atoms with Gasteiger partial charge in [-0.15, -0.1) is 0 Å². The standard InChI is InChI=1S/C20H17NO/c1-14(21-15-8-3-2-4-9-15)16-11-7-13-19-20(16)17-10-5-6-12-18(17)22-19/h2-14,21H,1H3. The zero-order chi connectivity index (χ0) is 14.9. The van der Waals surface area contributed by atoms with Gasteiger partial charge in [0.1, 0.15) is 11.2 Å². The van der Waals surface area contributed by atoms with E-state index in [2.05, 4.69) is 48.6 Å². The minimum absolute atomic E-state index is 0.201. The Labute approximate surface area is 129 Å². The van der Waals surface area contributed by atoms with Crippen molar-refractivity contribution < 1.29 is 4.42 Å². The Hall–Kier alpha value is -2.74. The first-order valence-electron chi connectivity index (χ1n) is 7.54. The highest BCUT2D eigenvalue weighted by Crippen LogP contribution is 2.34. The number of rotatable bonds is 3. The fourth-order valence-electron chi connectivity index (χ4n) is 3.02. The van der Waals surface area contributed by atoms with Gasteiger partial charge in [-0.2, -0.15) is 0 Å². The summed E-state index contributed by atoms with van der Waals surface area (Å²) in [7, 11) is 0. The SMILES string of the molecule is CC(Nc1ccccc1)c1cccc2oc3ccccc3c12. The van der Waals surface area contributed by atoms with E-state index in [1.807, 2.05) is 36.4 Å². The van der Waals surface area contributed by atoms with Crippen LogP contribution in [0.15, 0.2) is 77.2 Å². The number of fused-ring (bicyclic) bond motifs is 3. The first-order chi connectivity index (χ1) is 10.8. The molecule has 0 bridgehead atoms. The average molecular weight is 287 g/mol. The largest absolute Gasteiger partial charge is 0.456 e. The van der Waals surface area contributed by atoms with Gasteiger partial charge in [-0.3, -0.25) is 0 Å². The minimum Gasteiger partial charge on any atom is -0.456 e. The van der Waals surface area contributed by atoms with Crippen molar-refractivity contribution >= 4 is 27.6 Å². The zero-order valence-electron chi connectivity index (χ0n) is 12.4. The molecule has 0 amide bonds. The van der Waals surface area contributed by atoms with Gasteiger partial charge in [0.05, 0.1) is 0 Å². The van der Waals surface area contributed by atoms with Crippen molar-refractivity contribution in [2.24, 2.45) is 0 Å². The number of para-hydroxylation sites is 2. The molecule has 0 aliphatic heterocycles. The van der Waals surface area contributed by atoms with Gasteiger partial charge < -0.3 is 9.73 Å². The van der Waals surface area contributed by atoms with Crippen LogP contribution < -0.4 is 5.32 Å². The normalized spacial score (nSPS) is 12.6. The summed E-state index contributed by atoms with van der Waals surface area (Å²) in [5.74, 6) is 0. The molecule has 108 valence electrons.